The fourth-order valence-electron chi connectivity index (χ4n) is 4.18. The van der Waals surface area contributed by atoms with Crippen LogP contribution in [-0.4, -0.2) is 55.0 Å². The van der Waals surface area contributed by atoms with Gasteiger partial charge in [0.05, 0.1) is 19.4 Å². The number of hydrogen-bond donors (Lipinski definition) is 3. The molecule has 0 amide bonds. The molecule has 4 rings (SSSR count). The number of methoxy groups -OCH3 is 1. The molecule has 0 aliphatic heterocycles. The Hall–Kier alpha value is -3.60. The predicted octanol–water partition coefficient (Wildman–Crippen LogP) is 3.09. The van der Waals surface area contributed by atoms with Crippen LogP contribution in [0.3, 0.4) is 0 Å². The maximum Gasteiger partial charge on any atom is 0.334 e. The molecule has 2 aromatic carbocycles. The average Bonchev–Trinajstić information content (AvgIpc) is 3.55. The summed E-state index contributed by atoms with van der Waals surface area (Å²) in [7, 11) is 1.22. The van der Waals surface area contributed by atoms with Gasteiger partial charge in [0.15, 0.2) is 10.7 Å². The van der Waals surface area contributed by atoms with Crippen LogP contribution in [0.2, 0.25) is 5.15 Å². The lowest BCUT2D eigenvalue weighted by molar-refractivity contribution is -0.149. The number of hydrogen-bond acceptors (Lipinski definition) is 8. The van der Waals surface area contributed by atoms with Crippen LogP contribution in [0.5, 0.6) is 0 Å². The van der Waals surface area contributed by atoms with Gasteiger partial charge in [0.25, 0.3) is 0 Å². The Balaban J connectivity index is 1.71. The third-order valence-electron chi connectivity index (χ3n) is 6.10. The molecule has 2 heterocycles. The van der Waals surface area contributed by atoms with Crippen molar-refractivity contribution >= 4 is 17.6 Å². The molecule has 11 heteroatoms. The third-order valence-corrected chi connectivity index (χ3v) is 6.36. The minimum absolute atomic E-state index is 0.0775. The van der Waals surface area contributed by atoms with Crippen molar-refractivity contribution < 1.29 is 14.6 Å². The second-order valence-corrected chi connectivity index (χ2v) is 8.81. The van der Waals surface area contributed by atoms with E-state index in [9.17, 15) is 9.90 Å². The smallest absolute Gasteiger partial charge is 0.334 e. The van der Waals surface area contributed by atoms with Gasteiger partial charge < -0.3 is 20.1 Å². The second kappa shape index (κ2) is 11.0. The van der Waals surface area contributed by atoms with E-state index in [0.29, 0.717) is 24.6 Å². The minimum atomic E-state index is -1.84. The van der Waals surface area contributed by atoms with Crippen molar-refractivity contribution in [3.8, 4) is 22.5 Å². The van der Waals surface area contributed by atoms with Gasteiger partial charge in [-0.15, -0.1) is 10.2 Å². The molecule has 0 bridgehead atoms. The lowest BCUT2D eigenvalue weighted by Crippen LogP contribution is -2.50. The lowest BCUT2D eigenvalue weighted by Gasteiger charge is -2.26. The number of benzene rings is 2. The van der Waals surface area contributed by atoms with E-state index in [4.69, 9.17) is 22.1 Å². The number of aliphatic hydroxyl groups is 1. The highest BCUT2D eigenvalue weighted by Gasteiger charge is 2.43. The van der Waals surface area contributed by atoms with Crippen LogP contribution in [0.25, 0.3) is 22.5 Å². The highest BCUT2D eigenvalue weighted by Crippen LogP contribution is 2.32. The molecule has 0 aliphatic carbocycles. The summed E-state index contributed by atoms with van der Waals surface area (Å²) < 4.78 is 6.69. The number of rotatable bonds is 10. The number of nitrogens with zero attached hydrogens (tertiary/aromatic N) is 5. The molecule has 0 saturated heterocycles. The maximum atomic E-state index is 12.6. The molecule has 1 atom stereocenters. The summed E-state index contributed by atoms with van der Waals surface area (Å²) in [6.45, 7) is 1.76. The first-order valence-electron chi connectivity index (χ1n) is 11.6. The Morgan fingerprint density at radius 2 is 1.92 bits per heavy atom. The largest absolute Gasteiger partial charge is 0.467 e. The molecule has 0 radical (unpaired) electrons. The third kappa shape index (κ3) is 4.88. The van der Waals surface area contributed by atoms with Gasteiger partial charge in [-0.3, -0.25) is 0 Å². The van der Waals surface area contributed by atoms with Gasteiger partial charge in [0.2, 0.25) is 5.82 Å². The molecule has 188 valence electrons. The van der Waals surface area contributed by atoms with Crippen molar-refractivity contribution in [2.24, 2.45) is 5.73 Å². The molecule has 0 aliphatic rings. The van der Waals surface area contributed by atoms with Crippen molar-refractivity contribution in [2.45, 2.75) is 38.3 Å². The van der Waals surface area contributed by atoms with E-state index in [1.165, 1.54) is 7.11 Å². The number of ether oxygens (including phenoxy) is 1. The zero-order valence-corrected chi connectivity index (χ0v) is 20.9. The van der Waals surface area contributed by atoms with E-state index < -0.39 is 18.1 Å². The monoisotopic (exact) mass is 509 g/mol. The summed E-state index contributed by atoms with van der Waals surface area (Å²) in [4.78, 5) is 17.0. The van der Waals surface area contributed by atoms with Crippen molar-refractivity contribution in [3.63, 3.8) is 0 Å². The Kier molecular flexibility index (Phi) is 7.78. The first-order valence-corrected chi connectivity index (χ1v) is 12.0. The van der Waals surface area contributed by atoms with Crippen LogP contribution in [0.1, 0.15) is 36.8 Å². The zero-order valence-electron chi connectivity index (χ0n) is 20.1. The standard InChI is InChI=1S/C25H28ClN7O3/c1-3-4-9-20-28-22(26)21(25(27,15-34)24(35)36-2)33(20)14-16-10-12-17(13-11-16)18-7-5-6-8-19(18)23-29-31-32-30-23/h5-8,10-13,34H,3-4,9,14-15,27H2,1-2H3,(H,29,30,31,32)/t25-/m0/s1. The SMILES string of the molecule is CCCCc1nc(Cl)c([C@@](N)(CO)C(=O)OC)n1Cc1ccc(-c2ccccc2-c2nn[nH]n2)cc1. The Morgan fingerprint density at radius 3 is 2.53 bits per heavy atom. The van der Waals surface area contributed by atoms with Crippen LogP contribution in [0, 0.1) is 0 Å². The minimum Gasteiger partial charge on any atom is -0.467 e. The summed E-state index contributed by atoms with van der Waals surface area (Å²) >= 11 is 6.48. The molecule has 0 saturated carbocycles. The number of carbonyl (C=O) groups excluding carboxylic acids is 1. The van der Waals surface area contributed by atoms with Gasteiger partial charge in [0, 0.05) is 18.5 Å². The molecule has 36 heavy (non-hydrogen) atoms. The molecule has 2 aromatic heterocycles. The summed E-state index contributed by atoms with van der Waals surface area (Å²) in [5, 5.41) is 24.5. The van der Waals surface area contributed by atoms with Gasteiger partial charge in [-0.05, 0) is 28.3 Å². The molecular formula is C25H28ClN7O3. The zero-order chi connectivity index (χ0) is 25.7. The molecular weight excluding hydrogens is 482 g/mol. The average molecular weight is 510 g/mol. The number of halogens is 1. The number of H-pyrrole nitrogens is 1. The van der Waals surface area contributed by atoms with Gasteiger partial charge >= 0.3 is 5.97 Å². The second-order valence-electron chi connectivity index (χ2n) is 8.46. The van der Waals surface area contributed by atoms with Crippen molar-refractivity contribution in [2.75, 3.05) is 13.7 Å². The molecule has 0 fully saturated rings. The van der Waals surface area contributed by atoms with E-state index >= 15 is 0 Å². The van der Waals surface area contributed by atoms with Crippen LogP contribution < -0.4 is 5.73 Å². The number of nitrogens with one attached hydrogen (secondary N) is 1. The number of esters is 1. The molecule has 4 aromatic rings. The fourth-order valence-corrected chi connectivity index (χ4v) is 4.55. The number of aromatic nitrogens is 6. The van der Waals surface area contributed by atoms with Gasteiger partial charge in [-0.1, -0.05) is 73.5 Å². The van der Waals surface area contributed by atoms with Crippen molar-refractivity contribution in [3.05, 3.63) is 70.8 Å². The fraction of sp³-hybridized carbons (Fsp3) is 0.320. The first-order chi connectivity index (χ1) is 17.4. The van der Waals surface area contributed by atoms with Gasteiger partial charge in [-0.25, -0.2) is 9.78 Å². The van der Waals surface area contributed by atoms with Crippen LogP contribution >= 0.6 is 11.6 Å². The molecule has 10 nitrogen and oxygen atoms in total. The highest BCUT2D eigenvalue weighted by atomic mass is 35.5. The first kappa shape index (κ1) is 25.5. The van der Waals surface area contributed by atoms with E-state index in [1.807, 2.05) is 53.1 Å². The predicted molar refractivity (Wildman–Crippen MR) is 135 cm³/mol. The number of unbranched alkanes of at least 4 members (excludes halogenated alkanes) is 1. The van der Waals surface area contributed by atoms with Crippen LogP contribution in [0.15, 0.2) is 48.5 Å². The van der Waals surface area contributed by atoms with Crippen molar-refractivity contribution in [1.82, 2.24) is 30.2 Å². The topological polar surface area (TPSA) is 145 Å². The van der Waals surface area contributed by atoms with Crippen LogP contribution in [0.4, 0.5) is 0 Å². The van der Waals surface area contributed by atoms with E-state index in [2.05, 4.69) is 32.5 Å². The molecule has 0 spiro atoms. The van der Waals surface area contributed by atoms with Crippen LogP contribution in [-0.2, 0) is 28.0 Å². The number of tetrazole rings is 1. The van der Waals surface area contributed by atoms with Gasteiger partial charge in [-0.2, -0.15) is 5.21 Å². The Labute approximate surface area is 213 Å². The number of aliphatic hydroxyl groups excluding tert-OH is 1. The van der Waals surface area contributed by atoms with Crippen molar-refractivity contribution in [1.29, 1.82) is 0 Å². The number of imidazole rings is 1. The quantitative estimate of drug-likeness (QED) is 0.276. The number of aromatic amines is 1. The van der Waals surface area contributed by atoms with Gasteiger partial charge in [0.1, 0.15) is 5.82 Å². The summed E-state index contributed by atoms with van der Waals surface area (Å²) in [6, 6.07) is 15.8. The highest BCUT2D eigenvalue weighted by molar-refractivity contribution is 6.30. The van der Waals surface area contributed by atoms with E-state index in [0.717, 1.165) is 35.1 Å². The Bertz CT molecular complexity index is 1320. The summed E-state index contributed by atoms with van der Waals surface area (Å²) in [6.07, 6.45) is 2.49. The van der Waals surface area contributed by atoms with E-state index in [-0.39, 0.29) is 10.8 Å². The number of carbonyl (C=O) groups is 1. The molecule has 4 N–H and O–H groups in total. The summed E-state index contributed by atoms with van der Waals surface area (Å²) in [5.74, 6) is 0.415. The lowest BCUT2D eigenvalue weighted by atomic mass is 9.97. The summed E-state index contributed by atoms with van der Waals surface area (Å²) in [5.41, 5.74) is 8.48. The van der Waals surface area contributed by atoms with E-state index in [1.54, 1.807) is 0 Å². The molecule has 0 unspecified atom stereocenters. The Morgan fingerprint density at radius 1 is 1.19 bits per heavy atom. The maximum absolute atomic E-state index is 12.6. The number of nitrogens with two attached hydrogens (primary N) is 1. The number of aryl methyl sites for hydroxylation is 1. The normalized spacial score (nSPS) is 12.9.